The van der Waals surface area contributed by atoms with Gasteiger partial charge in [0.15, 0.2) is 0 Å². The van der Waals surface area contributed by atoms with Crippen LogP contribution in [0.1, 0.15) is 39.4 Å². The molecular weight excluding hydrogens is 223 g/mol. The topological polar surface area (TPSA) is 20.2 Å². The summed E-state index contributed by atoms with van der Waals surface area (Å²) in [6.45, 7) is 8.12. The molecule has 0 aliphatic carbocycles. The lowest BCUT2D eigenvalue weighted by Gasteiger charge is -2.18. The molecule has 2 atom stereocenters. The number of hydrogen-bond donors (Lipinski definition) is 1. The third-order valence-corrected chi connectivity index (χ3v) is 4.22. The summed E-state index contributed by atoms with van der Waals surface area (Å²) in [4.78, 5) is 0.970. The van der Waals surface area contributed by atoms with Crippen molar-refractivity contribution in [1.29, 1.82) is 0 Å². The molecule has 0 aromatic heterocycles. The summed E-state index contributed by atoms with van der Waals surface area (Å²) >= 11 is 1.69. The lowest BCUT2D eigenvalue weighted by molar-refractivity contribution is 0.196. The minimum absolute atomic E-state index is 0.294. The lowest BCUT2D eigenvalue weighted by atomic mass is 10.1. The van der Waals surface area contributed by atoms with Crippen molar-refractivity contribution >= 4 is 11.8 Å². The number of aliphatic hydroxyl groups excluding tert-OH is 1. The smallest absolute Gasteiger partial charge is 0.123 e. The Morgan fingerprint density at radius 1 is 1.19 bits per heavy atom. The third-order valence-electron chi connectivity index (χ3n) is 2.67. The van der Waals surface area contributed by atoms with Crippen molar-refractivity contribution in [3.8, 4) is 0 Å². The second kappa shape index (κ2) is 5.69. The zero-order chi connectivity index (χ0) is 12.3. The molecule has 1 N–H and O–H groups in total. The van der Waals surface area contributed by atoms with E-state index in [9.17, 15) is 9.50 Å². The van der Waals surface area contributed by atoms with Crippen molar-refractivity contribution in [2.45, 2.75) is 43.9 Å². The van der Waals surface area contributed by atoms with E-state index in [1.165, 1.54) is 12.1 Å². The van der Waals surface area contributed by atoms with Gasteiger partial charge in [-0.1, -0.05) is 20.8 Å². The van der Waals surface area contributed by atoms with E-state index in [0.717, 1.165) is 4.90 Å². The summed E-state index contributed by atoms with van der Waals surface area (Å²) < 4.78 is 13.1. The van der Waals surface area contributed by atoms with Crippen LogP contribution in [0, 0.1) is 11.7 Å². The highest BCUT2D eigenvalue weighted by atomic mass is 32.2. The Morgan fingerprint density at radius 3 is 2.31 bits per heavy atom. The normalized spacial score (nSPS) is 15.2. The van der Waals surface area contributed by atoms with Crippen LogP contribution in [0.15, 0.2) is 23.1 Å². The van der Waals surface area contributed by atoms with Gasteiger partial charge in [0.25, 0.3) is 0 Å². The first-order valence-corrected chi connectivity index (χ1v) is 6.44. The van der Waals surface area contributed by atoms with Crippen LogP contribution < -0.4 is 0 Å². The molecule has 3 heteroatoms. The molecule has 0 spiro atoms. The van der Waals surface area contributed by atoms with Crippen molar-refractivity contribution in [1.82, 2.24) is 0 Å². The van der Waals surface area contributed by atoms with Crippen LogP contribution in [0.3, 0.4) is 0 Å². The van der Waals surface area contributed by atoms with Gasteiger partial charge in [-0.2, -0.15) is 0 Å². The van der Waals surface area contributed by atoms with Crippen LogP contribution in [-0.2, 0) is 0 Å². The maximum Gasteiger partial charge on any atom is 0.123 e. The Hall–Kier alpha value is -0.540. The van der Waals surface area contributed by atoms with Crippen molar-refractivity contribution in [3.05, 3.63) is 29.6 Å². The minimum atomic E-state index is -0.627. The van der Waals surface area contributed by atoms with Gasteiger partial charge in [-0.05, 0) is 36.6 Å². The third kappa shape index (κ3) is 3.49. The number of aliphatic hydroxyl groups is 1. The Balaban J connectivity index is 2.95. The van der Waals surface area contributed by atoms with Crippen LogP contribution >= 0.6 is 11.8 Å². The highest BCUT2D eigenvalue weighted by Crippen LogP contribution is 2.33. The predicted molar refractivity (Wildman–Crippen MR) is 67.2 cm³/mol. The number of rotatable bonds is 4. The second-order valence-corrected chi connectivity index (χ2v) is 5.84. The van der Waals surface area contributed by atoms with Gasteiger partial charge in [0, 0.05) is 10.1 Å². The zero-order valence-electron chi connectivity index (χ0n) is 10.2. The molecule has 90 valence electrons. The largest absolute Gasteiger partial charge is 0.389 e. The maximum absolute atomic E-state index is 13.1. The minimum Gasteiger partial charge on any atom is -0.389 e. The first kappa shape index (κ1) is 13.5. The molecule has 0 aliphatic heterocycles. The molecule has 1 aromatic rings. The van der Waals surface area contributed by atoms with Crippen LogP contribution in [-0.4, -0.2) is 10.4 Å². The average molecular weight is 242 g/mol. The maximum atomic E-state index is 13.1. The molecule has 0 saturated heterocycles. The van der Waals surface area contributed by atoms with E-state index < -0.39 is 6.10 Å². The van der Waals surface area contributed by atoms with Gasteiger partial charge >= 0.3 is 0 Å². The summed E-state index contributed by atoms with van der Waals surface area (Å²) in [7, 11) is 0. The molecule has 0 saturated carbocycles. The Morgan fingerprint density at radius 2 is 1.81 bits per heavy atom. The molecule has 0 heterocycles. The summed E-state index contributed by atoms with van der Waals surface area (Å²) in [5, 5.41) is 10.0. The monoisotopic (exact) mass is 242 g/mol. The van der Waals surface area contributed by atoms with Crippen LogP contribution in [0.2, 0.25) is 0 Å². The summed E-state index contributed by atoms with van der Waals surface area (Å²) in [6, 6.07) is 4.61. The molecule has 0 radical (unpaired) electrons. The molecule has 1 aromatic carbocycles. The van der Waals surface area contributed by atoms with Crippen LogP contribution in [0.4, 0.5) is 4.39 Å². The van der Waals surface area contributed by atoms with Crippen molar-refractivity contribution in [2.24, 2.45) is 5.92 Å². The summed E-state index contributed by atoms with van der Waals surface area (Å²) in [5.41, 5.74) is 0.678. The Kier molecular flexibility index (Phi) is 4.81. The van der Waals surface area contributed by atoms with E-state index in [1.54, 1.807) is 24.8 Å². The molecule has 0 amide bonds. The SMILES string of the molecule is CC(C)C(C)Sc1ccc(F)cc1[C@@H](C)O. The van der Waals surface area contributed by atoms with Gasteiger partial charge in [-0.3, -0.25) is 0 Å². The fourth-order valence-electron chi connectivity index (χ4n) is 1.29. The van der Waals surface area contributed by atoms with Gasteiger partial charge < -0.3 is 5.11 Å². The standard InChI is InChI=1S/C13H19FOS/c1-8(2)10(4)16-13-6-5-11(14)7-12(13)9(3)15/h5-10,15H,1-4H3/t9-,10?/m1/s1. The number of hydrogen-bond acceptors (Lipinski definition) is 2. The van der Waals surface area contributed by atoms with Gasteiger partial charge in [-0.15, -0.1) is 11.8 Å². The highest BCUT2D eigenvalue weighted by Gasteiger charge is 2.14. The highest BCUT2D eigenvalue weighted by molar-refractivity contribution is 8.00. The fraction of sp³-hybridized carbons (Fsp3) is 0.538. The molecule has 1 nitrogen and oxygen atoms in total. The molecule has 0 bridgehead atoms. The fourth-order valence-corrected chi connectivity index (χ4v) is 2.47. The second-order valence-electron chi connectivity index (χ2n) is 4.43. The van der Waals surface area contributed by atoms with Crippen LogP contribution in [0.5, 0.6) is 0 Å². The molecule has 1 unspecified atom stereocenters. The summed E-state index contributed by atoms with van der Waals surface area (Å²) in [5.74, 6) is 0.259. The van der Waals surface area contributed by atoms with E-state index in [-0.39, 0.29) is 5.82 Å². The average Bonchev–Trinajstić information content (AvgIpc) is 2.20. The summed E-state index contributed by atoms with van der Waals surface area (Å²) in [6.07, 6.45) is -0.627. The first-order valence-electron chi connectivity index (χ1n) is 5.56. The number of thioether (sulfide) groups is 1. The van der Waals surface area contributed by atoms with Gasteiger partial charge in [0.05, 0.1) is 6.10 Å². The van der Waals surface area contributed by atoms with Gasteiger partial charge in [-0.25, -0.2) is 4.39 Å². The Bertz CT molecular complexity index is 350. The van der Waals surface area contributed by atoms with Crippen molar-refractivity contribution < 1.29 is 9.50 Å². The van der Waals surface area contributed by atoms with E-state index in [4.69, 9.17) is 0 Å². The first-order chi connectivity index (χ1) is 7.41. The molecule has 1 rings (SSSR count). The van der Waals surface area contributed by atoms with Gasteiger partial charge in [0.2, 0.25) is 0 Å². The Labute approximate surface area is 101 Å². The molecule has 16 heavy (non-hydrogen) atoms. The van der Waals surface area contributed by atoms with E-state index in [2.05, 4.69) is 20.8 Å². The van der Waals surface area contributed by atoms with Crippen molar-refractivity contribution in [3.63, 3.8) is 0 Å². The van der Waals surface area contributed by atoms with E-state index in [0.29, 0.717) is 16.7 Å². The van der Waals surface area contributed by atoms with Crippen molar-refractivity contribution in [2.75, 3.05) is 0 Å². The number of halogens is 1. The molecule has 0 aliphatic rings. The molecule has 0 fully saturated rings. The van der Waals surface area contributed by atoms with Crippen LogP contribution in [0.25, 0.3) is 0 Å². The quantitative estimate of drug-likeness (QED) is 0.805. The zero-order valence-corrected chi connectivity index (χ0v) is 11.0. The molecular formula is C13H19FOS. The van der Waals surface area contributed by atoms with E-state index >= 15 is 0 Å². The van der Waals surface area contributed by atoms with E-state index in [1.807, 2.05) is 0 Å². The van der Waals surface area contributed by atoms with Gasteiger partial charge in [0.1, 0.15) is 5.82 Å². The lowest BCUT2D eigenvalue weighted by Crippen LogP contribution is -2.06. The number of benzene rings is 1. The predicted octanol–water partition coefficient (Wildman–Crippen LogP) is 4.02.